The second kappa shape index (κ2) is 5.16. The summed E-state index contributed by atoms with van der Waals surface area (Å²) in [6.07, 6.45) is 1.27. The van der Waals surface area contributed by atoms with Crippen LogP contribution in [0.5, 0.6) is 0 Å². The molecule has 0 aromatic carbocycles. The number of hydrogen-bond acceptors (Lipinski definition) is 4. The summed E-state index contributed by atoms with van der Waals surface area (Å²) in [5.41, 5.74) is 0.422. The van der Waals surface area contributed by atoms with Crippen LogP contribution in [-0.4, -0.2) is 13.4 Å². The maximum absolute atomic E-state index is 12.9. The van der Waals surface area contributed by atoms with E-state index in [9.17, 15) is 12.8 Å². The molecule has 96 valence electrons. The fourth-order valence-corrected chi connectivity index (χ4v) is 4.19. The molecule has 1 unspecified atom stereocenters. The van der Waals surface area contributed by atoms with E-state index >= 15 is 0 Å². The number of sulfone groups is 1. The van der Waals surface area contributed by atoms with Crippen molar-refractivity contribution in [1.82, 2.24) is 4.98 Å². The van der Waals surface area contributed by atoms with E-state index in [4.69, 9.17) is 0 Å². The van der Waals surface area contributed by atoms with Crippen molar-refractivity contribution in [2.24, 2.45) is 0 Å². The Bertz CT molecular complexity index is 623. The minimum absolute atomic E-state index is 0.175. The lowest BCUT2D eigenvalue weighted by molar-refractivity contribution is 0.578. The quantitative estimate of drug-likeness (QED) is 0.811. The number of halogens is 1. The normalized spacial score (nSPS) is 13.4. The molecule has 2 rings (SSSR count). The molecule has 2 aromatic heterocycles. The van der Waals surface area contributed by atoms with Crippen LogP contribution in [0.25, 0.3) is 0 Å². The van der Waals surface area contributed by atoms with Crippen LogP contribution in [0, 0.1) is 5.95 Å². The van der Waals surface area contributed by atoms with Gasteiger partial charge in [0.1, 0.15) is 0 Å². The molecule has 0 bridgehead atoms. The zero-order valence-corrected chi connectivity index (χ0v) is 11.3. The van der Waals surface area contributed by atoms with Crippen molar-refractivity contribution in [2.45, 2.75) is 17.9 Å². The van der Waals surface area contributed by atoms with Gasteiger partial charge in [0.25, 0.3) is 0 Å². The number of hydrogen-bond donors (Lipinski definition) is 0. The lowest BCUT2D eigenvalue weighted by Gasteiger charge is -2.11. The Morgan fingerprint density at radius 2 is 2.22 bits per heavy atom. The zero-order chi connectivity index (χ0) is 13.2. The summed E-state index contributed by atoms with van der Waals surface area (Å²) < 4.78 is 37.3. The van der Waals surface area contributed by atoms with Gasteiger partial charge in [-0.25, -0.2) is 13.4 Å². The Morgan fingerprint density at radius 1 is 1.44 bits per heavy atom. The van der Waals surface area contributed by atoms with Gasteiger partial charge < -0.3 is 0 Å². The molecule has 0 radical (unpaired) electrons. The summed E-state index contributed by atoms with van der Waals surface area (Å²) in [5.74, 6) is -0.836. The largest absolute Gasteiger partial charge is 0.228 e. The van der Waals surface area contributed by atoms with Gasteiger partial charge in [0.05, 0.1) is 11.0 Å². The first kappa shape index (κ1) is 13.2. The number of aromatic nitrogens is 1. The highest BCUT2D eigenvalue weighted by atomic mass is 32.2. The molecule has 0 saturated heterocycles. The second-order valence-electron chi connectivity index (χ2n) is 3.95. The highest BCUT2D eigenvalue weighted by molar-refractivity contribution is 7.91. The monoisotopic (exact) mass is 285 g/mol. The van der Waals surface area contributed by atoms with Crippen molar-refractivity contribution in [3.8, 4) is 0 Å². The first-order valence-corrected chi connectivity index (χ1v) is 7.94. The molecule has 0 aliphatic carbocycles. The summed E-state index contributed by atoms with van der Waals surface area (Å²) in [7, 11) is -3.34. The molecule has 0 aliphatic heterocycles. The first-order chi connectivity index (χ1) is 8.49. The van der Waals surface area contributed by atoms with E-state index in [0.717, 1.165) is 10.9 Å². The van der Waals surface area contributed by atoms with Crippen molar-refractivity contribution in [3.05, 3.63) is 52.2 Å². The second-order valence-corrected chi connectivity index (χ2v) is 7.25. The number of rotatable bonds is 4. The summed E-state index contributed by atoms with van der Waals surface area (Å²) in [6.45, 7) is 1.65. The van der Waals surface area contributed by atoms with Gasteiger partial charge in [-0.05, 0) is 36.1 Å². The van der Waals surface area contributed by atoms with Crippen LogP contribution in [0.15, 0.2) is 35.8 Å². The van der Waals surface area contributed by atoms with E-state index in [1.807, 2.05) is 11.4 Å². The predicted octanol–water partition coefficient (Wildman–Crippen LogP) is 2.96. The van der Waals surface area contributed by atoms with Gasteiger partial charge in [-0.3, -0.25) is 0 Å². The third-order valence-corrected chi connectivity index (χ3v) is 5.91. The molecule has 0 aliphatic rings. The van der Waals surface area contributed by atoms with Crippen molar-refractivity contribution >= 4 is 21.2 Å². The number of nitrogens with zero attached hydrogens (tertiary/aromatic N) is 1. The van der Waals surface area contributed by atoms with Gasteiger partial charge in [0.15, 0.2) is 9.84 Å². The lowest BCUT2D eigenvalue weighted by Crippen LogP contribution is -2.12. The minimum Gasteiger partial charge on any atom is -0.228 e. The molecule has 2 aromatic rings. The SMILES string of the molecule is CC(c1cccs1)S(=O)(=O)Cc1ccnc(F)c1. The fraction of sp³-hybridized carbons (Fsp3) is 0.250. The van der Waals surface area contributed by atoms with Crippen molar-refractivity contribution < 1.29 is 12.8 Å². The summed E-state index contributed by atoms with van der Waals surface area (Å²) in [6, 6.07) is 6.28. The Labute approximate surface area is 109 Å². The molecule has 0 N–H and O–H groups in total. The van der Waals surface area contributed by atoms with Crippen LogP contribution >= 0.6 is 11.3 Å². The van der Waals surface area contributed by atoms with E-state index in [1.54, 1.807) is 13.0 Å². The van der Waals surface area contributed by atoms with E-state index < -0.39 is 21.0 Å². The molecule has 0 fully saturated rings. The van der Waals surface area contributed by atoms with Crippen LogP contribution in [0.2, 0.25) is 0 Å². The predicted molar refractivity (Wildman–Crippen MR) is 69.6 cm³/mol. The minimum atomic E-state index is -3.34. The maximum Gasteiger partial charge on any atom is 0.213 e. The van der Waals surface area contributed by atoms with Gasteiger partial charge in [-0.15, -0.1) is 11.3 Å². The smallest absolute Gasteiger partial charge is 0.213 e. The molecule has 0 spiro atoms. The molecule has 2 heterocycles. The highest BCUT2D eigenvalue weighted by Crippen LogP contribution is 2.28. The molecular formula is C12H12FNO2S2. The topological polar surface area (TPSA) is 47.0 Å². The Kier molecular flexibility index (Phi) is 3.77. The van der Waals surface area contributed by atoms with Gasteiger partial charge in [-0.2, -0.15) is 4.39 Å². The average molecular weight is 285 g/mol. The van der Waals surface area contributed by atoms with Crippen molar-refractivity contribution in [1.29, 1.82) is 0 Å². The van der Waals surface area contributed by atoms with E-state index in [2.05, 4.69) is 4.98 Å². The summed E-state index contributed by atoms with van der Waals surface area (Å²) in [4.78, 5) is 4.20. The van der Waals surface area contributed by atoms with E-state index in [0.29, 0.717) is 5.56 Å². The van der Waals surface area contributed by atoms with Crippen LogP contribution < -0.4 is 0 Å². The van der Waals surface area contributed by atoms with Gasteiger partial charge in [0, 0.05) is 11.1 Å². The average Bonchev–Trinajstić information content (AvgIpc) is 2.80. The summed E-state index contributed by atoms with van der Waals surface area (Å²) in [5, 5.41) is 1.27. The Balaban J connectivity index is 2.22. The van der Waals surface area contributed by atoms with Crippen LogP contribution in [0.4, 0.5) is 4.39 Å². The lowest BCUT2D eigenvalue weighted by atomic mass is 10.3. The Morgan fingerprint density at radius 3 is 2.83 bits per heavy atom. The molecule has 0 saturated carbocycles. The molecular weight excluding hydrogens is 273 g/mol. The Hall–Kier alpha value is -1.27. The fourth-order valence-electron chi connectivity index (χ4n) is 1.59. The van der Waals surface area contributed by atoms with Crippen LogP contribution in [-0.2, 0) is 15.6 Å². The highest BCUT2D eigenvalue weighted by Gasteiger charge is 2.23. The first-order valence-electron chi connectivity index (χ1n) is 5.34. The van der Waals surface area contributed by atoms with Crippen molar-refractivity contribution in [2.75, 3.05) is 0 Å². The number of thiophene rings is 1. The molecule has 18 heavy (non-hydrogen) atoms. The van der Waals surface area contributed by atoms with Gasteiger partial charge in [0.2, 0.25) is 5.95 Å². The van der Waals surface area contributed by atoms with Crippen LogP contribution in [0.3, 0.4) is 0 Å². The van der Waals surface area contributed by atoms with Crippen molar-refractivity contribution in [3.63, 3.8) is 0 Å². The molecule has 3 nitrogen and oxygen atoms in total. The third kappa shape index (κ3) is 2.94. The molecule has 6 heteroatoms. The zero-order valence-electron chi connectivity index (χ0n) is 9.71. The number of pyridine rings is 1. The molecule has 1 atom stereocenters. The standard InChI is InChI=1S/C12H12FNO2S2/c1-9(11-3-2-6-17-11)18(15,16)8-10-4-5-14-12(13)7-10/h2-7,9H,8H2,1H3. The molecule has 0 amide bonds. The van der Waals surface area contributed by atoms with Gasteiger partial charge >= 0.3 is 0 Å². The van der Waals surface area contributed by atoms with Crippen LogP contribution in [0.1, 0.15) is 22.6 Å². The maximum atomic E-state index is 12.9. The van der Waals surface area contributed by atoms with Gasteiger partial charge in [-0.1, -0.05) is 6.07 Å². The summed E-state index contributed by atoms with van der Waals surface area (Å²) >= 11 is 1.41. The third-order valence-electron chi connectivity index (χ3n) is 2.64. The van der Waals surface area contributed by atoms with E-state index in [-0.39, 0.29) is 5.75 Å². The van der Waals surface area contributed by atoms with E-state index in [1.165, 1.54) is 23.6 Å².